The molecule has 1 aromatic heterocycles. The molecule has 3 rings (SSSR count). The lowest BCUT2D eigenvalue weighted by atomic mass is 10.2. The molecule has 1 aliphatic rings. The molecule has 1 aliphatic heterocycles. The monoisotopic (exact) mass is 480 g/mol. The maximum Gasteiger partial charge on any atom is 0.241 e. The van der Waals surface area contributed by atoms with Crippen molar-refractivity contribution in [2.75, 3.05) is 31.5 Å². The molecule has 1 unspecified atom stereocenters. The number of carbonyl (C=O) groups excluding carboxylic acids is 1. The number of piperazine rings is 1. The summed E-state index contributed by atoms with van der Waals surface area (Å²) in [7, 11) is 0. The molecule has 26 heavy (non-hydrogen) atoms. The number of pyridine rings is 1. The fourth-order valence-corrected chi connectivity index (χ4v) is 4.17. The Morgan fingerprint density at radius 2 is 1.96 bits per heavy atom. The van der Waals surface area contributed by atoms with E-state index in [1.54, 1.807) is 0 Å². The van der Waals surface area contributed by atoms with Gasteiger partial charge in [0.25, 0.3) is 0 Å². The number of aromatic nitrogens is 1. The normalized spacial score (nSPS) is 17.0. The summed E-state index contributed by atoms with van der Waals surface area (Å²) in [6, 6.07) is 11.6. The summed E-state index contributed by atoms with van der Waals surface area (Å²) in [6.45, 7) is 6.47. The zero-order valence-corrected chi connectivity index (χ0v) is 17.8. The van der Waals surface area contributed by atoms with Crippen LogP contribution in [0.1, 0.15) is 12.6 Å². The lowest BCUT2D eigenvalue weighted by Gasteiger charge is -2.37. The second-order valence-electron chi connectivity index (χ2n) is 6.42. The van der Waals surface area contributed by atoms with Gasteiger partial charge in [0.15, 0.2) is 0 Å². The van der Waals surface area contributed by atoms with Crippen LogP contribution in [0.2, 0.25) is 0 Å². The first-order valence-electron chi connectivity index (χ1n) is 8.65. The molecule has 1 fully saturated rings. The maximum absolute atomic E-state index is 12.6. The van der Waals surface area contributed by atoms with E-state index in [2.05, 4.69) is 58.0 Å². The Morgan fingerprint density at radius 3 is 2.62 bits per heavy atom. The first kappa shape index (κ1) is 19.5. The van der Waals surface area contributed by atoms with Crippen LogP contribution in [0.25, 0.3) is 0 Å². The van der Waals surface area contributed by atoms with E-state index in [1.165, 1.54) is 0 Å². The van der Waals surface area contributed by atoms with Crippen molar-refractivity contribution in [3.8, 4) is 0 Å². The molecule has 0 spiro atoms. The maximum atomic E-state index is 12.6. The number of nitrogens with zero attached hydrogens (tertiary/aromatic N) is 3. The van der Waals surface area contributed by atoms with E-state index >= 15 is 0 Å². The van der Waals surface area contributed by atoms with E-state index in [9.17, 15) is 4.79 Å². The molecule has 2 aromatic rings. The Kier molecular flexibility index (Phi) is 6.80. The fourth-order valence-electron chi connectivity index (χ4n) is 3.02. The molecule has 7 heteroatoms. The fraction of sp³-hybridized carbons (Fsp3) is 0.368. The number of hydrogen-bond donors (Lipinski definition) is 1. The summed E-state index contributed by atoms with van der Waals surface area (Å²) < 4.78 is 1.84. The Hall–Kier alpha value is -1.28. The summed E-state index contributed by atoms with van der Waals surface area (Å²) in [4.78, 5) is 21.6. The minimum atomic E-state index is -0.164. The molecular formula is C19H22Br2N4O. The van der Waals surface area contributed by atoms with Crippen molar-refractivity contribution in [3.63, 3.8) is 0 Å². The van der Waals surface area contributed by atoms with Crippen LogP contribution in [-0.4, -0.2) is 52.9 Å². The molecule has 1 atom stereocenters. The van der Waals surface area contributed by atoms with E-state index < -0.39 is 0 Å². The molecule has 0 bridgehead atoms. The summed E-state index contributed by atoms with van der Waals surface area (Å²) >= 11 is 6.91. The first-order valence-corrected chi connectivity index (χ1v) is 10.2. The van der Waals surface area contributed by atoms with Crippen molar-refractivity contribution < 1.29 is 4.79 Å². The number of halogens is 2. The van der Waals surface area contributed by atoms with E-state index in [1.807, 2.05) is 43.5 Å². The number of anilines is 1. The first-order chi connectivity index (χ1) is 12.5. The molecular weight excluding hydrogens is 460 g/mol. The molecule has 1 amide bonds. The number of nitrogens with one attached hydrogen (secondary N) is 1. The van der Waals surface area contributed by atoms with Crippen LogP contribution in [0.5, 0.6) is 0 Å². The van der Waals surface area contributed by atoms with Crippen molar-refractivity contribution in [1.29, 1.82) is 0 Å². The summed E-state index contributed by atoms with van der Waals surface area (Å²) in [5.41, 5.74) is 1.88. The number of hydrogen-bond acceptors (Lipinski definition) is 4. The predicted octanol–water partition coefficient (Wildman–Crippen LogP) is 3.75. The Labute approximate surface area is 171 Å². The third kappa shape index (κ3) is 5.13. The van der Waals surface area contributed by atoms with Gasteiger partial charge < -0.3 is 5.32 Å². The zero-order chi connectivity index (χ0) is 18.5. The van der Waals surface area contributed by atoms with E-state index in [-0.39, 0.29) is 11.9 Å². The van der Waals surface area contributed by atoms with Gasteiger partial charge in [-0.2, -0.15) is 0 Å². The van der Waals surface area contributed by atoms with Gasteiger partial charge in [-0.3, -0.25) is 19.6 Å². The molecule has 0 saturated carbocycles. The summed E-state index contributed by atoms with van der Waals surface area (Å²) in [5.74, 6) is 0.0196. The third-order valence-corrected chi connectivity index (χ3v) is 5.78. The molecule has 1 aromatic carbocycles. The standard InChI is InChI=1S/C19H22Br2N4O/c1-14(19(26)23-18-6-5-15(20)12-17(18)21)25-10-8-24(9-11-25)13-16-4-2-3-7-22-16/h2-7,12,14H,8-11,13H2,1H3,(H,23,26). The minimum absolute atomic E-state index is 0.0196. The molecule has 138 valence electrons. The average Bonchev–Trinajstić information content (AvgIpc) is 2.65. The van der Waals surface area contributed by atoms with Crippen molar-refractivity contribution in [2.24, 2.45) is 0 Å². The van der Waals surface area contributed by atoms with Crippen LogP contribution in [0.15, 0.2) is 51.5 Å². The van der Waals surface area contributed by atoms with Crippen molar-refractivity contribution in [3.05, 3.63) is 57.2 Å². The molecule has 0 aliphatic carbocycles. The van der Waals surface area contributed by atoms with Gasteiger partial charge in [0.05, 0.1) is 17.4 Å². The lowest BCUT2D eigenvalue weighted by molar-refractivity contribution is -0.121. The van der Waals surface area contributed by atoms with Gasteiger partial charge in [-0.1, -0.05) is 22.0 Å². The summed E-state index contributed by atoms with van der Waals surface area (Å²) in [6.07, 6.45) is 1.83. The van der Waals surface area contributed by atoms with E-state index in [0.717, 1.165) is 53.1 Å². The topological polar surface area (TPSA) is 48.5 Å². The zero-order valence-electron chi connectivity index (χ0n) is 14.7. The van der Waals surface area contributed by atoms with Gasteiger partial charge in [0.1, 0.15) is 0 Å². The van der Waals surface area contributed by atoms with Crippen LogP contribution < -0.4 is 5.32 Å². The second kappa shape index (κ2) is 9.08. The van der Waals surface area contributed by atoms with Crippen molar-refractivity contribution >= 4 is 43.5 Å². The van der Waals surface area contributed by atoms with Crippen LogP contribution in [0.3, 0.4) is 0 Å². The number of benzene rings is 1. The highest BCUT2D eigenvalue weighted by Gasteiger charge is 2.26. The molecule has 0 radical (unpaired) electrons. The predicted molar refractivity (Wildman–Crippen MR) is 111 cm³/mol. The lowest BCUT2D eigenvalue weighted by Crippen LogP contribution is -2.52. The molecule has 2 heterocycles. The Balaban J connectivity index is 1.51. The second-order valence-corrected chi connectivity index (χ2v) is 8.19. The van der Waals surface area contributed by atoms with E-state index in [4.69, 9.17) is 0 Å². The largest absolute Gasteiger partial charge is 0.324 e. The number of amides is 1. The molecule has 5 nitrogen and oxygen atoms in total. The van der Waals surface area contributed by atoms with Gasteiger partial charge >= 0.3 is 0 Å². The van der Waals surface area contributed by atoms with Crippen LogP contribution in [-0.2, 0) is 11.3 Å². The van der Waals surface area contributed by atoms with Crippen LogP contribution >= 0.6 is 31.9 Å². The SMILES string of the molecule is CC(C(=O)Nc1ccc(Br)cc1Br)N1CCN(Cc2ccccn2)CC1. The van der Waals surface area contributed by atoms with Crippen molar-refractivity contribution in [1.82, 2.24) is 14.8 Å². The summed E-state index contributed by atoms with van der Waals surface area (Å²) in [5, 5.41) is 3.01. The highest BCUT2D eigenvalue weighted by molar-refractivity contribution is 9.11. The van der Waals surface area contributed by atoms with Gasteiger partial charge in [0, 0.05) is 47.9 Å². The van der Waals surface area contributed by atoms with Gasteiger partial charge in [0.2, 0.25) is 5.91 Å². The Morgan fingerprint density at radius 1 is 1.19 bits per heavy atom. The van der Waals surface area contributed by atoms with Crippen LogP contribution in [0, 0.1) is 0 Å². The highest BCUT2D eigenvalue weighted by atomic mass is 79.9. The third-order valence-electron chi connectivity index (χ3n) is 4.63. The highest BCUT2D eigenvalue weighted by Crippen LogP contribution is 2.26. The number of carbonyl (C=O) groups is 1. The molecule has 1 saturated heterocycles. The smallest absolute Gasteiger partial charge is 0.241 e. The van der Waals surface area contributed by atoms with Gasteiger partial charge in [-0.15, -0.1) is 0 Å². The van der Waals surface area contributed by atoms with Gasteiger partial charge in [-0.05, 0) is 53.2 Å². The molecule has 1 N–H and O–H groups in total. The minimum Gasteiger partial charge on any atom is -0.324 e. The quantitative estimate of drug-likeness (QED) is 0.706. The van der Waals surface area contributed by atoms with Crippen molar-refractivity contribution in [2.45, 2.75) is 19.5 Å². The van der Waals surface area contributed by atoms with E-state index in [0.29, 0.717) is 0 Å². The van der Waals surface area contributed by atoms with Crippen LogP contribution in [0.4, 0.5) is 5.69 Å². The Bertz CT molecular complexity index is 748. The number of rotatable bonds is 5. The van der Waals surface area contributed by atoms with Gasteiger partial charge in [-0.25, -0.2) is 0 Å². The average molecular weight is 482 g/mol.